The van der Waals surface area contributed by atoms with E-state index in [1.54, 1.807) is 48.7 Å². The second-order valence-electron chi connectivity index (χ2n) is 4.87. The molecule has 0 aliphatic carbocycles. The van der Waals surface area contributed by atoms with Gasteiger partial charge >= 0.3 is 6.09 Å². The van der Waals surface area contributed by atoms with Gasteiger partial charge in [0, 0.05) is 28.5 Å². The lowest BCUT2D eigenvalue weighted by atomic mass is 10.1. The third-order valence-corrected chi connectivity index (χ3v) is 3.26. The van der Waals surface area contributed by atoms with Crippen LogP contribution in [0.15, 0.2) is 60.8 Å². The van der Waals surface area contributed by atoms with Crippen molar-refractivity contribution >= 4 is 34.3 Å². The zero-order chi connectivity index (χ0) is 16.2. The summed E-state index contributed by atoms with van der Waals surface area (Å²) in [5.74, 6) is -0.241. The molecule has 2 aromatic carbocycles. The Morgan fingerprint density at radius 1 is 0.913 bits per heavy atom. The highest BCUT2D eigenvalue weighted by atomic mass is 16.4. The number of hydrogen-bond acceptors (Lipinski definition) is 3. The van der Waals surface area contributed by atoms with Gasteiger partial charge in [0.15, 0.2) is 0 Å². The summed E-state index contributed by atoms with van der Waals surface area (Å²) in [6.45, 7) is 0. The van der Waals surface area contributed by atoms with Gasteiger partial charge in [-0.2, -0.15) is 0 Å². The molecule has 3 aromatic rings. The second kappa shape index (κ2) is 6.15. The third kappa shape index (κ3) is 3.44. The fourth-order valence-corrected chi connectivity index (χ4v) is 2.18. The summed E-state index contributed by atoms with van der Waals surface area (Å²) in [4.78, 5) is 27.0. The van der Waals surface area contributed by atoms with E-state index in [-0.39, 0.29) is 5.91 Å². The number of carbonyl (C=O) groups excluding carboxylic acids is 1. The van der Waals surface area contributed by atoms with Crippen LogP contribution in [-0.2, 0) is 0 Å². The Morgan fingerprint density at radius 2 is 1.61 bits per heavy atom. The Bertz CT molecular complexity index is 876. The van der Waals surface area contributed by atoms with Crippen molar-refractivity contribution in [3.05, 3.63) is 66.4 Å². The SMILES string of the molecule is O=C(O)Nc1ccc(NC(=O)c2ccc3ncccc3c2)cc1. The van der Waals surface area contributed by atoms with Gasteiger partial charge in [-0.3, -0.25) is 15.1 Å². The van der Waals surface area contributed by atoms with Crippen LogP contribution in [0.2, 0.25) is 0 Å². The monoisotopic (exact) mass is 307 g/mol. The summed E-state index contributed by atoms with van der Waals surface area (Å²) < 4.78 is 0. The topological polar surface area (TPSA) is 91.3 Å². The molecule has 0 fully saturated rings. The normalized spacial score (nSPS) is 10.3. The predicted octanol–water partition coefficient (Wildman–Crippen LogP) is 3.58. The molecule has 0 radical (unpaired) electrons. The van der Waals surface area contributed by atoms with E-state index in [2.05, 4.69) is 15.6 Å². The smallest absolute Gasteiger partial charge is 0.409 e. The van der Waals surface area contributed by atoms with Crippen LogP contribution in [0.25, 0.3) is 10.9 Å². The maximum atomic E-state index is 12.3. The first-order valence-corrected chi connectivity index (χ1v) is 6.88. The van der Waals surface area contributed by atoms with E-state index in [9.17, 15) is 9.59 Å². The molecule has 3 N–H and O–H groups in total. The average molecular weight is 307 g/mol. The van der Waals surface area contributed by atoms with Gasteiger partial charge in [0.05, 0.1) is 5.52 Å². The predicted molar refractivity (Wildman–Crippen MR) is 87.8 cm³/mol. The molecule has 0 atom stereocenters. The van der Waals surface area contributed by atoms with E-state index >= 15 is 0 Å². The number of benzene rings is 2. The van der Waals surface area contributed by atoms with Crippen molar-refractivity contribution in [1.82, 2.24) is 4.98 Å². The van der Waals surface area contributed by atoms with Crippen LogP contribution in [0.4, 0.5) is 16.2 Å². The molecule has 0 saturated heterocycles. The maximum Gasteiger partial charge on any atom is 0.409 e. The number of nitrogens with zero attached hydrogens (tertiary/aromatic N) is 1. The molecule has 1 heterocycles. The molecule has 3 rings (SSSR count). The molecule has 6 heteroatoms. The standard InChI is InChI=1S/C17H13N3O3/c21-16(12-3-8-15-11(10-12)2-1-9-18-15)19-13-4-6-14(7-5-13)20-17(22)23/h1-10,20H,(H,19,21)(H,22,23). The number of rotatable bonds is 3. The molecule has 1 aromatic heterocycles. The van der Waals surface area contributed by atoms with Crippen molar-refractivity contribution in [2.24, 2.45) is 0 Å². The fourth-order valence-electron chi connectivity index (χ4n) is 2.18. The minimum absolute atomic E-state index is 0.241. The van der Waals surface area contributed by atoms with Crippen LogP contribution >= 0.6 is 0 Å². The molecule has 0 aliphatic heterocycles. The average Bonchev–Trinajstić information content (AvgIpc) is 2.55. The lowest BCUT2D eigenvalue weighted by molar-refractivity contribution is 0.102. The summed E-state index contributed by atoms with van der Waals surface area (Å²) in [5.41, 5.74) is 2.37. The highest BCUT2D eigenvalue weighted by Crippen LogP contribution is 2.17. The van der Waals surface area contributed by atoms with Gasteiger partial charge in [0.1, 0.15) is 0 Å². The van der Waals surface area contributed by atoms with Crippen molar-refractivity contribution in [2.45, 2.75) is 0 Å². The quantitative estimate of drug-likeness (QED) is 0.689. The number of nitrogens with one attached hydrogen (secondary N) is 2. The van der Waals surface area contributed by atoms with Crippen molar-refractivity contribution in [2.75, 3.05) is 10.6 Å². The molecule has 0 saturated carbocycles. The van der Waals surface area contributed by atoms with E-state index < -0.39 is 6.09 Å². The van der Waals surface area contributed by atoms with Crippen LogP contribution in [0.3, 0.4) is 0 Å². The van der Waals surface area contributed by atoms with Crippen LogP contribution in [0.5, 0.6) is 0 Å². The van der Waals surface area contributed by atoms with Gasteiger partial charge in [-0.05, 0) is 48.5 Å². The zero-order valence-electron chi connectivity index (χ0n) is 12.0. The number of anilines is 2. The highest BCUT2D eigenvalue weighted by molar-refractivity contribution is 6.06. The summed E-state index contributed by atoms with van der Waals surface area (Å²) >= 11 is 0. The minimum Gasteiger partial charge on any atom is -0.465 e. The number of aromatic nitrogens is 1. The van der Waals surface area contributed by atoms with Crippen molar-refractivity contribution in [3.63, 3.8) is 0 Å². The van der Waals surface area contributed by atoms with Crippen LogP contribution in [0, 0.1) is 0 Å². The number of pyridine rings is 1. The summed E-state index contributed by atoms with van der Waals surface area (Å²) in [6.07, 6.45) is 0.570. The molecule has 6 nitrogen and oxygen atoms in total. The lowest BCUT2D eigenvalue weighted by Gasteiger charge is -2.07. The first kappa shape index (κ1) is 14.5. The minimum atomic E-state index is -1.13. The zero-order valence-corrected chi connectivity index (χ0v) is 12.0. The molecular weight excluding hydrogens is 294 g/mol. The lowest BCUT2D eigenvalue weighted by Crippen LogP contribution is -2.12. The van der Waals surface area contributed by atoms with Crippen molar-refractivity contribution in [1.29, 1.82) is 0 Å². The summed E-state index contributed by atoms with van der Waals surface area (Å²) in [6, 6.07) is 15.4. The molecule has 0 bridgehead atoms. The van der Waals surface area contributed by atoms with Gasteiger partial charge in [-0.15, -0.1) is 0 Å². The number of amides is 2. The van der Waals surface area contributed by atoms with Crippen LogP contribution in [0.1, 0.15) is 10.4 Å². The van der Waals surface area contributed by atoms with E-state index in [0.717, 1.165) is 10.9 Å². The Kier molecular flexibility index (Phi) is 3.88. The first-order chi connectivity index (χ1) is 11.1. The Morgan fingerprint density at radius 3 is 2.30 bits per heavy atom. The maximum absolute atomic E-state index is 12.3. The third-order valence-electron chi connectivity index (χ3n) is 3.26. The van der Waals surface area contributed by atoms with E-state index in [0.29, 0.717) is 16.9 Å². The van der Waals surface area contributed by atoms with Gasteiger partial charge in [-0.25, -0.2) is 4.79 Å². The first-order valence-electron chi connectivity index (χ1n) is 6.88. The number of fused-ring (bicyclic) bond motifs is 1. The molecule has 114 valence electrons. The Labute approximate surface area is 131 Å². The van der Waals surface area contributed by atoms with Gasteiger partial charge in [0.25, 0.3) is 5.91 Å². The van der Waals surface area contributed by atoms with Gasteiger partial charge < -0.3 is 10.4 Å². The number of carboxylic acid groups (broad SMARTS) is 1. The van der Waals surface area contributed by atoms with E-state index in [4.69, 9.17) is 5.11 Å². The number of carbonyl (C=O) groups is 2. The highest BCUT2D eigenvalue weighted by Gasteiger charge is 2.07. The molecule has 0 unspecified atom stereocenters. The van der Waals surface area contributed by atoms with Gasteiger partial charge in [0.2, 0.25) is 0 Å². The molecule has 23 heavy (non-hydrogen) atoms. The Balaban J connectivity index is 1.76. The molecular formula is C17H13N3O3. The summed E-state index contributed by atoms with van der Waals surface area (Å²) in [7, 11) is 0. The van der Waals surface area contributed by atoms with Crippen LogP contribution in [-0.4, -0.2) is 22.1 Å². The second-order valence-corrected chi connectivity index (χ2v) is 4.87. The van der Waals surface area contributed by atoms with E-state index in [1.165, 1.54) is 0 Å². The van der Waals surface area contributed by atoms with Crippen molar-refractivity contribution in [3.8, 4) is 0 Å². The number of hydrogen-bond donors (Lipinski definition) is 3. The van der Waals surface area contributed by atoms with Crippen LogP contribution < -0.4 is 10.6 Å². The Hall–Kier alpha value is -3.41. The van der Waals surface area contributed by atoms with Gasteiger partial charge in [-0.1, -0.05) is 6.07 Å². The molecule has 0 spiro atoms. The largest absolute Gasteiger partial charge is 0.465 e. The molecule has 2 amide bonds. The molecule has 0 aliphatic rings. The fraction of sp³-hybridized carbons (Fsp3) is 0. The summed E-state index contributed by atoms with van der Waals surface area (Å²) in [5, 5.41) is 14.5. The van der Waals surface area contributed by atoms with Crippen molar-refractivity contribution < 1.29 is 14.7 Å². The van der Waals surface area contributed by atoms with E-state index in [1.807, 2.05) is 12.1 Å².